The molecule has 0 aliphatic carbocycles. The summed E-state index contributed by atoms with van der Waals surface area (Å²) in [4.78, 5) is 5.17. The summed E-state index contributed by atoms with van der Waals surface area (Å²) in [6.07, 6.45) is 3.61. The SMILES string of the molecule is CC(N)CNc1ccnc2sncc12. The first-order valence-corrected chi connectivity index (χ1v) is 5.23. The molecule has 1 unspecified atom stereocenters. The fraction of sp³-hybridized carbons (Fsp3) is 0.333. The second kappa shape index (κ2) is 3.89. The summed E-state index contributed by atoms with van der Waals surface area (Å²) in [5.74, 6) is 0. The molecular formula is C9H12N4S. The molecule has 0 bridgehead atoms. The number of rotatable bonds is 3. The lowest BCUT2D eigenvalue weighted by Crippen LogP contribution is -2.25. The molecule has 1 atom stereocenters. The van der Waals surface area contributed by atoms with E-state index >= 15 is 0 Å². The molecule has 0 aromatic carbocycles. The molecule has 4 nitrogen and oxygen atoms in total. The van der Waals surface area contributed by atoms with Crippen molar-refractivity contribution in [3.63, 3.8) is 0 Å². The second-order valence-corrected chi connectivity index (χ2v) is 4.04. The summed E-state index contributed by atoms with van der Waals surface area (Å²) >= 11 is 1.40. The van der Waals surface area contributed by atoms with Gasteiger partial charge in [-0.05, 0) is 24.5 Å². The van der Waals surface area contributed by atoms with Crippen molar-refractivity contribution in [1.29, 1.82) is 0 Å². The highest BCUT2D eigenvalue weighted by molar-refractivity contribution is 7.12. The molecule has 0 spiro atoms. The van der Waals surface area contributed by atoms with Gasteiger partial charge < -0.3 is 11.1 Å². The first-order valence-electron chi connectivity index (χ1n) is 4.46. The summed E-state index contributed by atoms with van der Waals surface area (Å²) in [7, 11) is 0. The van der Waals surface area contributed by atoms with Gasteiger partial charge in [-0.15, -0.1) is 0 Å². The highest BCUT2D eigenvalue weighted by atomic mass is 32.1. The van der Waals surface area contributed by atoms with Gasteiger partial charge in [0.1, 0.15) is 4.83 Å². The van der Waals surface area contributed by atoms with E-state index in [2.05, 4.69) is 14.7 Å². The first kappa shape index (κ1) is 9.36. The van der Waals surface area contributed by atoms with Gasteiger partial charge in [0.05, 0.1) is 11.6 Å². The van der Waals surface area contributed by atoms with Crippen LogP contribution in [0.25, 0.3) is 10.2 Å². The van der Waals surface area contributed by atoms with Crippen LogP contribution in [0.15, 0.2) is 18.5 Å². The van der Waals surface area contributed by atoms with Crippen molar-refractivity contribution < 1.29 is 0 Å². The average Bonchev–Trinajstić information content (AvgIpc) is 2.62. The molecule has 0 aliphatic heterocycles. The summed E-state index contributed by atoms with van der Waals surface area (Å²) < 4.78 is 4.10. The van der Waals surface area contributed by atoms with E-state index < -0.39 is 0 Å². The van der Waals surface area contributed by atoms with Crippen molar-refractivity contribution in [3.8, 4) is 0 Å². The Kier molecular flexibility index (Phi) is 2.60. The largest absolute Gasteiger partial charge is 0.383 e. The number of nitrogens with zero attached hydrogens (tertiary/aromatic N) is 2. The van der Waals surface area contributed by atoms with E-state index in [9.17, 15) is 0 Å². The zero-order valence-corrected chi connectivity index (χ0v) is 8.71. The van der Waals surface area contributed by atoms with Crippen LogP contribution in [-0.2, 0) is 0 Å². The number of hydrogen-bond donors (Lipinski definition) is 2. The van der Waals surface area contributed by atoms with Crippen molar-refractivity contribution >= 4 is 27.4 Å². The highest BCUT2D eigenvalue weighted by Crippen LogP contribution is 2.23. The van der Waals surface area contributed by atoms with Crippen molar-refractivity contribution in [1.82, 2.24) is 9.36 Å². The molecule has 0 aliphatic rings. The van der Waals surface area contributed by atoms with Crippen molar-refractivity contribution in [2.45, 2.75) is 13.0 Å². The smallest absolute Gasteiger partial charge is 0.145 e. The fourth-order valence-electron chi connectivity index (χ4n) is 1.21. The Morgan fingerprint density at radius 3 is 3.29 bits per heavy atom. The average molecular weight is 208 g/mol. The van der Waals surface area contributed by atoms with Crippen LogP contribution >= 0.6 is 11.5 Å². The lowest BCUT2D eigenvalue weighted by atomic mass is 10.3. The number of nitrogens with two attached hydrogens (primary N) is 1. The lowest BCUT2D eigenvalue weighted by molar-refractivity contribution is 0.781. The maximum Gasteiger partial charge on any atom is 0.145 e. The molecule has 2 aromatic heterocycles. The minimum atomic E-state index is 0.143. The monoisotopic (exact) mass is 208 g/mol. The van der Waals surface area contributed by atoms with E-state index in [-0.39, 0.29) is 6.04 Å². The Morgan fingerprint density at radius 2 is 2.50 bits per heavy atom. The molecule has 5 heteroatoms. The van der Waals surface area contributed by atoms with E-state index in [4.69, 9.17) is 5.73 Å². The van der Waals surface area contributed by atoms with E-state index in [0.29, 0.717) is 0 Å². The number of aromatic nitrogens is 2. The van der Waals surface area contributed by atoms with Crippen molar-refractivity contribution in [2.75, 3.05) is 11.9 Å². The Balaban J connectivity index is 2.27. The van der Waals surface area contributed by atoms with E-state index in [0.717, 1.165) is 22.4 Å². The molecule has 3 N–H and O–H groups in total. The number of fused-ring (bicyclic) bond motifs is 1. The minimum Gasteiger partial charge on any atom is -0.383 e. The van der Waals surface area contributed by atoms with Crippen LogP contribution in [0.2, 0.25) is 0 Å². The third-order valence-electron chi connectivity index (χ3n) is 1.89. The molecule has 2 rings (SSSR count). The van der Waals surface area contributed by atoms with Gasteiger partial charge in [0.2, 0.25) is 0 Å². The quantitative estimate of drug-likeness (QED) is 0.801. The first-order chi connectivity index (χ1) is 6.77. The zero-order chi connectivity index (χ0) is 9.97. The molecule has 2 aromatic rings. The van der Waals surface area contributed by atoms with Gasteiger partial charge in [0, 0.05) is 24.5 Å². The minimum absolute atomic E-state index is 0.143. The summed E-state index contributed by atoms with van der Waals surface area (Å²) in [5.41, 5.74) is 6.73. The predicted octanol–water partition coefficient (Wildman–Crippen LogP) is 1.45. The zero-order valence-electron chi connectivity index (χ0n) is 7.90. The summed E-state index contributed by atoms with van der Waals surface area (Å²) in [6, 6.07) is 2.09. The van der Waals surface area contributed by atoms with Gasteiger partial charge >= 0.3 is 0 Å². The standard InChI is InChI=1S/C9H12N4S/c1-6(10)4-12-8-2-3-11-9-7(8)5-13-14-9/h2-3,5-6H,4,10H2,1H3,(H,11,12). The van der Waals surface area contributed by atoms with E-state index in [1.807, 2.05) is 19.2 Å². The number of pyridine rings is 1. The Morgan fingerprint density at radius 1 is 1.64 bits per heavy atom. The van der Waals surface area contributed by atoms with Crippen LogP contribution in [0.1, 0.15) is 6.92 Å². The number of hydrogen-bond acceptors (Lipinski definition) is 5. The van der Waals surface area contributed by atoms with Gasteiger partial charge in [-0.25, -0.2) is 4.98 Å². The summed E-state index contributed by atoms with van der Waals surface area (Å²) in [6.45, 7) is 2.73. The van der Waals surface area contributed by atoms with Gasteiger partial charge in [-0.3, -0.25) is 0 Å². The van der Waals surface area contributed by atoms with Gasteiger partial charge in [0.15, 0.2) is 0 Å². The van der Waals surface area contributed by atoms with Gasteiger partial charge in [0.25, 0.3) is 0 Å². The molecule has 0 saturated heterocycles. The number of anilines is 1. The summed E-state index contributed by atoms with van der Waals surface area (Å²) in [5, 5.41) is 4.34. The second-order valence-electron chi connectivity index (χ2n) is 3.26. The van der Waals surface area contributed by atoms with Crippen LogP contribution in [0.4, 0.5) is 5.69 Å². The molecule has 2 heterocycles. The van der Waals surface area contributed by atoms with Gasteiger partial charge in [-0.2, -0.15) is 4.37 Å². The topological polar surface area (TPSA) is 63.8 Å². The normalized spacial score (nSPS) is 13.0. The van der Waals surface area contributed by atoms with Crippen molar-refractivity contribution in [2.24, 2.45) is 5.73 Å². The van der Waals surface area contributed by atoms with Crippen molar-refractivity contribution in [3.05, 3.63) is 18.5 Å². The van der Waals surface area contributed by atoms with Crippen LogP contribution < -0.4 is 11.1 Å². The third kappa shape index (κ3) is 1.83. The highest BCUT2D eigenvalue weighted by Gasteiger charge is 2.03. The molecule has 0 saturated carbocycles. The lowest BCUT2D eigenvalue weighted by Gasteiger charge is -2.09. The number of nitrogens with one attached hydrogen (secondary N) is 1. The van der Waals surface area contributed by atoms with Crippen LogP contribution in [0, 0.1) is 0 Å². The predicted molar refractivity (Wildman–Crippen MR) is 59.6 cm³/mol. The fourth-order valence-corrected chi connectivity index (χ4v) is 1.83. The molecule has 0 amide bonds. The van der Waals surface area contributed by atoms with E-state index in [1.54, 1.807) is 6.20 Å². The maximum atomic E-state index is 5.67. The Bertz CT molecular complexity index is 423. The Labute approximate surface area is 86.3 Å². The third-order valence-corrected chi connectivity index (χ3v) is 2.60. The van der Waals surface area contributed by atoms with E-state index in [1.165, 1.54) is 11.5 Å². The van der Waals surface area contributed by atoms with Crippen LogP contribution in [0.5, 0.6) is 0 Å². The molecular weight excluding hydrogens is 196 g/mol. The molecule has 14 heavy (non-hydrogen) atoms. The van der Waals surface area contributed by atoms with Crippen LogP contribution in [-0.4, -0.2) is 21.9 Å². The molecule has 0 radical (unpaired) electrons. The maximum absolute atomic E-state index is 5.67. The van der Waals surface area contributed by atoms with Gasteiger partial charge in [-0.1, -0.05) is 0 Å². The molecule has 0 fully saturated rings. The van der Waals surface area contributed by atoms with Crippen LogP contribution in [0.3, 0.4) is 0 Å². The Hall–Kier alpha value is -1.20. The molecule has 74 valence electrons.